The Morgan fingerprint density at radius 1 is 1.13 bits per heavy atom. The van der Waals surface area contributed by atoms with E-state index < -0.39 is 5.91 Å². The predicted octanol–water partition coefficient (Wildman–Crippen LogP) is 2.18. The van der Waals surface area contributed by atoms with Gasteiger partial charge in [0.05, 0.1) is 6.42 Å². The van der Waals surface area contributed by atoms with Crippen LogP contribution in [0, 0.1) is 5.92 Å². The summed E-state index contributed by atoms with van der Waals surface area (Å²) in [6, 6.07) is 0. The molecule has 3 heteroatoms. The lowest BCUT2D eigenvalue weighted by atomic mass is 9.85. The Morgan fingerprint density at radius 3 is 2.40 bits per heavy atom. The van der Waals surface area contributed by atoms with E-state index in [9.17, 15) is 9.59 Å². The molecule has 0 bridgehead atoms. The lowest BCUT2D eigenvalue weighted by Gasteiger charge is -2.20. The largest absolute Gasteiger partial charge is 0.369 e. The third kappa shape index (κ3) is 5.55. The van der Waals surface area contributed by atoms with Crippen molar-refractivity contribution in [2.75, 3.05) is 0 Å². The SMILES string of the molecule is NC(=O)CC(=O)CCCC1CCCCC1. The van der Waals surface area contributed by atoms with Crippen LogP contribution in [0.5, 0.6) is 0 Å². The highest BCUT2D eigenvalue weighted by Gasteiger charge is 2.13. The van der Waals surface area contributed by atoms with Gasteiger partial charge in [0, 0.05) is 6.42 Å². The molecule has 1 rings (SSSR count). The van der Waals surface area contributed by atoms with E-state index in [2.05, 4.69) is 0 Å². The summed E-state index contributed by atoms with van der Waals surface area (Å²) in [5.41, 5.74) is 4.95. The van der Waals surface area contributed by atoms with Crippen molar-refractivity contribution in [1.82, 2.24) is 0 Å². The Hall–Kier alpha value is -0.860. The number of carbonyl (C=O) groups is 2. The molecule has 0 aromatic rings. The molecule has 2 N–H and O–H groups in total. The molecule has 0 atom stereocenters. The van der Waals surface area contributed by atoms with Crippen LogP contribution in [0.15, 0.2) is 0 Å². The van der Waals surface area contributed by atoms with Gasteiger partial charge in [-0.05, 0) is 12.3 Å². The van der Waals surface area contributed by atoms with Crippen LogP contribution in [0.3, 0.4) is 0 Å². The van der Waals surface area contributed by atoms with E-state index in [4.69, 9.17) is 5.73 Å². The Morgan fingerprint density at radius 2 is 1.80 bits per heavy atom. The lowest BCUT2D eigenvalue weighted by Crippen LogP contribution is -2.16. The monoisotopic (exact) mass is 211 g/mol. The molecule has 0 unspecified atom stereocenters. The molecule has 1 saturated carbocycles. The van der Waals surface area contributed by atoms with Gasteiger partial charge in [-0.1, -0.05) is 38.5 Å². The smallest absolute Gasteiger partial charge is 0.224 e. The van der Waals surface area contributed by atoms with Gasteiger partial charge >= 0.3 is 0 Å². The van der Waals surface area contributed by atoms with Crippen molar-refractivity contribution >= 4 is 11.7 Å². The van der Waals surface area contributed by atoms with Crippen LogP contribution in [0.4, 0.5) is 0 Å². The number of nitrogens with two attached hydrogens (primary N) is 1. The van der Waals surface area contributed by atoms with Gasteiger partial charge in [0.25, 0.3) is 0 Å². The molecular formula is C12H21NO2. The van der Waals surface area contributed by atoms with Gasteiger partial charge in [-0.3, -0.25) is 9.59 Å². The van der Waals surface area contributed by atoms with Crippen molar-refractivity contribution in [1.29, 1.82) is 0 Å². The van der Waals surface area contributed by atoms with Crippen molar-refractivity contribution in [3.05, 3.63) is 0 Å². The highest BCUT2D eigenvalue weighted by Crippen LogP contribution is 2.27. The minimum Gasteiger partial charge on any atom is -0.369 e. The molecule has 0 radical (unpaired) electrons. The van der Waals surface area contributed by atoms with E-state index in [1.165, 1.54) is 32.1 Å². The van der Waals surface area contributed by atoms with Crippen molar-refractivity contribution in [2.45, 2.75) is 57.8 Å². The zero-order valence-corrected chi connectivity index (χ0v) is 9.34. The standard InChI is InChI=1S/C12H21NO2/c13-12(15)9-11(14)8-4-7-10-5-2-1-3-6-10/h10H,1-9H2,(H2,13,15). The molecule has 0 aromatic carbocycles. The Bertz CT molecular complexity index is 220. The number of carbonyl (C=O) groups excluding carboxylic acids is 2. The number of ketones is 1. The summed E-state index contributed by atoms with van der Waals surface area (Å²) >= 11 is 0. The summed E-state index contributed by atoms with van der Waals surface area (Å²) in [5.74, 6) is 0.316. The van der Waals surface area contributed by atoms with Gasteiger partial charge in [0.2, 0.25) is 5.91 Å². The summed E-state index contributed by atoms with van der Waals surface area (Å²) in [6.07, 6.45) is 9.23. The van der Waals surface area contributed by atoms with E-state index in [1.807, 2.05) is 0 Å². The second-order valence-electron chi connectivity index (χ2n) is 4.58. The molecule has 15 heavy (non-hydrogen) atoms. The maximum atomic E-state index is 11.2. The van der Waals surface area contributed by atoms with Crippen LogP contribution < -0.4 is 5.73 Å². The number of hydrogen-bond donors (Lipinski definition) is 1. The summed E-state index contributed by atoms with van der Waals surface area (Å²) < 4.78 is 0. The zero-order valence-electron chi connectivity index (χ0n) is 9.34. The van der Waals surface area contributed by atoms with Crippen molar-refractivity contribution in [3.63, 3.8) is 0 Å². The van der Waals surface area contributed by atoms with Gasteiger partial charge in [0.1, 0.15) is 5.78 Å². The number of hydrogen-bond acceptors (Lipinski definition) is 2. The molecule has 1 aliphatic carbocycles. The maximum Gasteiger partial charge on any atom is 0.224 e. The first-order chi connectivity index (χ1) is 7.18. The fraction of sp³-hybridized carbons (Fsp3) is 0.833. The normalized spacial score (nSPS) is 17.6. The topological polar surface area (TPSA) is 60.2 Å². The van der Waals surface area contributed by atoms with Crippen molar-refractivity contribution < 1.29 is 9.59 Å². The molecule has 86 valence electrons. The highest BCUT2D eigenvalue weighted by molar-refractivity contribution is 5.97. The minimum atomic E-state index is -0.502. The average molecular weight is 211 g/mol. The third-order valence-corrected chi connectivity index (χ3v) is 3.16. The van der Waals surface area contributed by atoms with Crippen LogP contribution in [-0.4, -0.2) is 11.7 Å². The molecule has 0 spiro atoms. The first-order valence-corrected chi connectivity index (χ1v) is 5.98. The number of rotatable bonds is 6. The summed E-state index contributed by atoms with van der Waals surface area (Å²) in [5, 5.41) is 0. The molecule has 1 aliphatic rings. The quantitative estimate of drug-likeness (QED) is 0.684. The minimum absolute atomic E-state index is 0.00157. The van der Waals surface area contributed by atoms with Crippen molar-refractivity contribution in [2.24, 2.45) is 11.7 Å². The molecule has 0 aliphatic heterocycles. The highest BCUT2D eigenvalue weighted by atomic mass is 16.2. The van der Waals surface area contributed by atoms with E-state index >= 15 is 0 Å². The van der Waals surface area contributed by atoms with Crippen LogP contribution in [0.1, 0.15) is 57.8 Å². The van der Waals surface area contributed by atoms with E-state index in [1.54, 1.807) is 0 Å². The fourth-order valence-corrected chi connectivity index (χ4v) is 2.35. The molecule has 0 heterocycles. The Balaban J connectivity index is 2.04. The van der Waals surface area contributed by atoms with Gasteiger partial charge in [-0.2, -0.15) is 0 Å². The molecule has 1 fully saturated rings. The van der Waals surface area contributed by atoms with Crippen LogP contribution >= 0.6 is 0 Å². The summed E-state index contributed by atoms with van der Waals surface area (Å²) in [4.78, 5) is 21.7. The van der Waals surface area contributed by atoms with E-state index in [-0.39, 0.29) is 12.2 Å². The average Bonchev–Trinajstić information content (AvgIpc) is 2.18. The number of Topliss-reactive ketones (excluding diaryl/α,β-unsaturated/α-hetero) is 1. The Kier molecular flexibility index (Phi) is 5.37. The van der Waals surface area contributed by atoms with Crippen LogP contribution in [-0.2, 0) is 9.59 Å². The second kappa shape index (κ2) is 6.59. The maximum absolute atomic E-state index is 11.2. The van der Waals surface area contributed by atoms with E-state index in [0.717, 1.165) is 18.8 Å². The lowest BCUT2D eigenvalue weighted by molar-refractivity contribution is -0.126. The first-order valence-electron chi connectivity index (χ1n) is 5.98. The zero-order chi connectivity index (χ0) is 11.1. The first kappa shape index (κ1) is 12.2. The molecule has 3 nitrogen and oxygen atoms in total. The van der Waals surface area contributed by atoms with Crippen LogP contribution in [0.2, 0.25) is 0 Å². The predicted molar refractivity (Wildman–Crippen MR) is 59.2 cm³/mol. The molecular weight excluding hydrogens is 190 g/mol. The third-order valence-electron chi connectivity index (χ3n) is 3.16. The number of amides is 1. The van der Waals surface area contributed by atoms with Crippen molar-refractivity contribution in [3.8, 4) is 0 Å². The van der Waals surface area contributed by atoms with Gasteiger partial charge in [-0.25, -0.2) is 0 Å². The van der Waals surface area contributed by atoms with Gasteiger partial charge < -0.3 is 5.73 Å². The van der Waals surface area contributed by atoms with Gasteiger partial charge in [0.15, 0.2) is 0 Å². The van der Waals surface area contributed by atoms with Crippen LogP contribution in [0.25, 0.3) is 0 Å². The molecule has 0 saturated heterocycles. The molecule has 1 amide bonds. The second-order valence-corrected chi connectivity index (χ2v) is 4.58. The molecule has 0 aromatic heterocycles. The Labute approximate surface area is 91.4 Å². The summed E-state index contributed by atoms with van der Waals surface area (Å²) in [7, 11) is 0. The summed E-state index contributed by atoms with van der Waals surface area (Å²) in [6.45, 7) is 0. The fourth-order valence-electron chi connectivity index (χ4n) is 2.35. The number of primary amides is 1. The van der Waals surface area contributed by atoms with E-state index in [0.29, 0.717) is 6.42 Å². The van der Waals surface area contributed by atoms with Gasteiger partial charge in [-0.15, -0.1) is 0 Å².